The van der Waals surface area contributed by atoms with Crippen molar-refractivity contribution in [2.24, 2.45) is 4.99 Å². The average Bonchev–Trinajstić information content (AvgIpc) is 3.05. The number of halogens is 1. The fourth-order valence-electron chi connectivity index (χ4n) is 3.62. The van der Waals surface area contributed by atoms with E-state index in [1.807, 2.05) is 53.8 Å². The van der Waals surface area contributed by atoms with Crippen molar-refractivity contribution in [3.8, 4) is 5.75 Å². The molecule has 1 atom stereocenters. The Hall–Kier alpha value is -2.72. The third-order valence-electron chi connectivity index (χ3n) is 5.18. The molecule has 0 spiro atoms. The number of nitrogens with zero attached hydrogens (tertiary/aromatic N) is 2. The summed E-state index contributed by atoms with van der Waals surface area (Å²) < 4.78 is 8.08. The highest BCUT2D eigenvalue weighted by Gasteiger charge is 2.33. The van der Waals surface area contributed by atoms with Gasteiger partial charge in [-0.1, -0.05) is 47.2 Å². The fourth-order valence-corrected chi connectivity index (χ4v) is 5.21. The van der Waals surface area contributed by atoms with Crippen LogP contribution in [-0.4, -0.2) is 22.2 Å². The van der Waals surface area contributed by atoms with Crippen molar-refractivity contribution in [1.82, 2.24) is 4.57 Å². The minimum absolute atomic E-state index is 0.193. The van der Waals surface area contributed by atoms with Gasteiger partial charge in [0.05, 0.1) is 32.0 Å². The van der Waals surface area contributed by atoms with E-state index in [1.54, 1.807) is 42.7 Å². The van der Waals surface area contributed by atoms with Crippen LogP contribution in [0.2, 0.25) is 0 Å². The van der Waals surface area contributed by atoms with Gasteiger partial charge in [0, 0.05) is 0 Å². The smallest absolute Gasteiger partial charge is 0.338 e. The number of phenolic OH excluding ortho intramolecular Hbond substituents is 1. The van der Waals surface area contributed by atoms with Gasteiger partial charge in [0.2, 0.25) is 0 Å². The van der Waals surface area contributed by atoms with Crippen LogP contribution in [0.5, 0.6) is 5.75 Å². The van der Waals surface area contributed by atoms with Gasteiger partial charge in [-0.25, -0.2) is 9.79 Å². The lowest BCUT2D eigenvalue weighted by atomic mass is 9.95. The zero-order valence-corrected chi connectivity index (χ0v) is 20.7. The van der Waals surface area contributed by atoms with Crippen LogP contribution in [0.25, 0.3) is 6.08 Å². The van der Waals surface area contributed by atoms with E-state index in [9.17, 15) is 14.7 Å². The molecule has 0 unspecified atom stereocenters. The first-order valence-corrected chi connectivity index (χ1v) is 11.9. The van der Waals surface area contributed by atoms with E-state index in [4.69, 9.17) is 4.74 Å². The number of carbonyl (C=O) groups is 1. The molecule has 3 aromatic rings. The molecule has 1 aliphatic heterocycles. The number of hydrogen-bond donors (Lipinski definition) is 1. The van der Waals surface area contributed by atoms with E-state index in [0.29, 0.717) is 24.2 Å². The van der Waals surface area contributed by atoms with Crippen LogP contribution in [-0.2, 0) is 9.53 Å². The second-order valence-electron chi connectivity index (χ2n) is 7.42. The van der Waals surface area contributed by atoms with Crippen LogP contribution in [0.15, 0.2) is 63.5 Å². The molecular weight excluding hydrogens is 539 g/mol. The van der Waals surface area contributed by atoms with Gasteiger partial charge in [-0.15, -0.1) is 0 Å². The highest BCUT2D eigenvalue weighted by Crippen LogP contribution is 2.30. The highest BCUT2D eigenvalue weighted by molar-refractivity contribution is 14.1. The highest BCUT2D eigenvalue weighted by atomic mass is 127. The molecular formula is C24H21IN2O4S. The summed E-state index contributed by atoms with van der Waals surface area (Å²) >= 11 is 3.32. The molecule has 0 amide bonds. The summed E-state index contributed by atoms with van der Waals surface area (Å²) in [4.78, 5) is 31.5. The van der Waals surface area contributed by atoms with Crippen LogP contribution in [0.1, 0.15) is 36.6 Å². The van der Waals surface area contributed by atoms with Gasteiger partial charge in [-0.05, 0) is 72.7 Å². The minimum Gasteiger partial charge on any atom is -0.507 e. The summed E-state index contributed by atoms with van der Waals surface area (Å²) in [6, 6.07) is 12.3. The number of aromatic hydroxyl groups is 1. The molecule has 4 rings (SSSR count). The SMILES string of the molecule is CCOC(=O)C1=C(C)N=c2s/c(=C/c3ccc(O)c(I)c3)c(=O)n2[C@@H]1c1ccc(C)cc1. The third-order valence-corrected chi connectivity index (χ3v) is 7.03. The number of rotatable bonds is 4. The van der Waals surface area contributed by atoms with Gasteiger partial charge < -0.3 is 9.84 Å². The zero-order chi connectivity index (χ0) is 23.0. The number of phenols is 1. The van der Waals surface area contributed by atoms with Crippen LogP contribution < -0.4 is 14.9 Å². The Bertz CT molecular complexity index is 1420. The molecule has 1 aromatic heterocycles. The number of allylic oxidation sites excluding steroid dienone is 1. The molecule has 32 heavy (non-hydrogen) atoms. The van der Waals surface area contributed by atoms with Crippen molar-refractivity contribution < 1.29 is 14.6 Å². The molecule has 0 radical (unpaired) electrons. The molecule has 6 nitrogen and oxygen atoms in total. The summed E-state index contributed by atoms with van der Waals surface area (Å²) in [7, 11) is 0. The Labute approximate surface area is 202 Å². The number of fused-ring (bicyclic) bond motifs is 1. The number of esters is 1. The maximum Gasteiger partial charge on any atom is 0.338 e. The Morgan fingerprint density at radius 1 is 1.25 bits per heavy atom. The molecule has 2 aromatic carbocycles. The van der Waals surface area contributed by atoms with Crippen molar-refractivity contribution in [3.63, 3.8) is 0 Å². The van der Waals surface area contributed by atoms with Gasteiger partial charge in [0.25, 0.3) is 5.56 Å². The summed E-state index contributed by atoms with van der Waals surface area (Å²) in [6.45, 7) is 5.75. The topological polar surface area (TPSA) is 80.9 Å². The first-order chi connectivity index (χ1) is 15.3. The van der Waals surface area contributed by atoms with Crippen molar-refractivity contribution >= 4 is 46.0 Å². The second-order valence-corrected chi connectivity index (χ2v) is 9.60. The van der Waals surface area contributed by atoms with Crippen molar-refractivity contribution in [2.45, 2.75) is 26.8 Å². The summed E-state index contributed by atoms with van der Waals surface area (Å²) in [5.74, 6) is -0.278. The summed E-state index contributed by atoms with van der Waals surface area (Å²) in [5.41, 5.74) is 3.39. The number of aromatic nitrogens is 1. The molecule has 0 aliphatic carbocycles. The Balaban J connectivity index is 1.95. The van der Waals surface area contributed by atoms with Crippen LogP contribution in [0.4, 0.5) is 0 Å². The predicted molar refractivity (Wildman–Crippen MR) is 132 cm³/mol. The summed E-state index contributed by atoms with van der Waals surface area (Å²) in [6.07, 6.45) is 1.78. The average molecular weight is 560 g/mol. The Morgan fingerprint density at radius 3 is 2.62 bits per heavy atom. The van der Waals surface area contributed by atoms with E-state index in [0.717, 1.165) is 16.7 Å². The minimum atomic E-state index is -0.618. The third kappa shape index (κ3) is 4.16. The maximum absolute atomic E-state index is 13.5. The lowest BCUT2D eigenvalue weighted by molar-refractivity contribution is -0.139. The lowest BCUT2D eigenvalue weighted by Crippen LogP contribution is -2.39. The van der Waals surface area contributed by atoms with Crippen LogP contribution >= 0.6 is 33.9 Å². The maximum atomic E-state index is 13.5. The Kier molecular flexibility index (Phi) is 6.34. The van der Waals surface area contributed by atoms with Crippen molar-refractivity contribution in [1.29, 1.82) is 0 Å². The van der Waals surface area contributed by atoms with E-state index < -0.39 is 12.0 Å². The number of ether oxygens (including phenoxy) is 1. The zero-order valence-electron chi connectivity index (χ0n) is 17.8. The standard InChI is InChI=1S/C24H21IN2O4S/c1-4-31-23(30)20-14(3)26-24-27(21(20)16-8-5-13(2)6-9-16)22(29)19(32-24)12-15-7-10-18(28)17(25)11-15/h5-12,21,28H,4H2,1-3H3/b19-12+/t21-/m1/s1. The van der Waals surface area contributed by atoms with Gasteiger partial charge in [0.15, 0.2) is 4.80 Å². The van der Waals surface area contributed by atoms with Crippen molar-refractivity contribution in [3.05, 3.63) is 93.7 Å². The monoisotopic (exact) mass is 560 g/mol. The van der Waals surface area contributed by atoms with Gasteiger partial charge >= 0.3 is 5.97 Å². The number of hydrogen-bond acceptors (Lipinski definition) is 6. The Morgan fingerprint density at radius 2 is 1.97 bits per heavy atom. The predicted octanol–water partition coefficient (Wildman–Crippen LogP) is 3.42. The van der Waals surface area contributed by atoms with Crippen molar-refractivity contribution in [2.75, 3.05) is 6.61 Å². The molecule has 1 N–H and O–H groups in total. The second kappa shape index (κ2) is 9.03. The normalized spacial score (nSPS) is 16.0. The quantitative estimate of drug-likeness (QED) is 0.392. The fraction of sp³-hybridized carbons (Fsp3) is 0.208. The number of thiazole rings is 1. The first kappa shape index (κ1) is 22.5. The van der Waals surface area contributed by atoms with E-state index in [2.05, 4.69) is 4.99 Å². The van der Waals surface area contributed by atoms with Gasteiger partial charge in [0.1, 0.15) is 5.75 Å². The van der Waals surface area contributed by atoms with E-state index in [1.165, 1.54) is 11.3 Å². The molecule has 2 heterocycles. The van der Waals surface area contributed by atoms with Crippen LogP contribution in [0.3, 0.4) is 0 Å². The molecule has 8 heteroatoms. The number of aryl methyl sites for hydroxylation is 1. The molecule has 0 saturated carbocycles. The number of benzene rings is 2. The summed E-state index contributed by atoms with van der Waals surface area (Å²) in [5, 5.41) is 9.78. The number of carbonyl (C=O) groups excluding carboxylic acids is 1. The molecule has 0 bridgehead atoms. The molecule has 1 aliphatic rings. The molecule has 0 fully saturated rings. The first-order valence-electron chi connectivity index (χ1n) is 10.0. The van der Waals surface area contributed by atoms with Crippen LogP contribution in [0, 0.1) is 10.5 Å². The van der Waals surface area contributed by atoms with Gasteiger partial charge in [-0.2, -0.15) is 0 Å². The van der Waals surface area contributed by atoms with E-state index >= 15 is 0 Å². The van der Waals surface area contributed by atoms with Gasteiger partial charge in [-0.3, -0.25) is 9.36 Å². The van der Waals surface area contributed by atoms with E-state index in [-0.39, 0.29) is 17.9 Å². The lowest BCUT2D eigenvalue weighted by Gasteiger charge is -2.24. The molecule has 164 valence electrons. The molecule has 0 saturated heterocycles. The largest absolute Gasteiger partial charge is 0.507 e.